The monoisotopic (exact) mass is 199 g/mol. The average Bonchev–Trinajstić information content (AvgIpc) is 2.33. The van der Waals surface area contributed by atoms with Crippen molar-refractivity contribution in [2.24, 2.45) is 5.92 Å². The Morgan fingerprint density at radius 2 is 2.29 bits per heavy atom. The van der Waals surface area contributed by atoms with Gasteiger partial charge in [-0.3, -0.25) is 4.79 Å². The second-order valence-corrected chi connectivity index (χ2v) is 4.33. The van der Waals surface area contributed by atoms with Gasteiger partial charge in [-0.15, -0.1) is 0 Å². The van der Waals surface area contributed by atoms with E-state index in [1.54, 1.807) is 0 Å². The zero-order chi connectivity index (χ0) is 10.6. The van der Waals surface area contributed by atoms with Crippen LogP contribution in [0.4, 0.5) is 0 Å². The standard InChI is InChI=1S/C11H21NO2/c1-3-10(13)8-12-7-6-9(2)4-5-11(12)14/h9-10,13H,3-8H2,1-2H3. The molecule has 3 heteroatoms. The van der Waals surface area contributed by atoms with E-state index >= 15 is 0 Å². The number of carbonyl (C=O) groups excluding carboxylic acids is 1. The Labute approximate surface area is 86.1 Å². The van der Waals surface area contributed by atoms with E-state index in [1.165, 1.54) is 0 Å². The fraction of sp³-hybridized carbons (Fsp3) is 0.909. The van der Waals surface area contributed by atoms with Crippen LogP contribution in [0.5, 0.6) is 0 Å². The molecule has 1 aliphatic rings. The molecule has 82 valence electrons. The maximum atomic E-state index is 11.6. The third-order valence-electron chi connectivity index (χ3n) is 3.00. The predicted molar refractivity (Wildman–Crippen MR) is 55.9 cm³/mol. The van der Waals surface area contributed by atoms with Crippen LogP contribution >= 0.6 is 0 Å². The van der Waals surface area contributed by atoms with Crippen molar-refractivity contribution in [1.29, 1.82) is 0 Å². The van der Waals surface area contributed by atoms with E-state index < -0.39 is 0 Å². The fourth-order valence-corrected chi connectivity index (χ4v) is 1.75. The number of hydrogen-bond acceptors (Lipinski definition) is 2. The van der Waals surface area contributed by atoms with E-state index in [2.05, 4.69) is 6.92 Å². The summed E-state index contributed by atoms with van der Waals surface area (Å²) in [6.45, 7) is 5.46. The summed E-state index contributed by atoms with van der Waals surface area (Å²) in [7, 11) is 0. The molecule has 14 heavy (non-hydrogen) atoms. The molecule has 1 rings (SSSR count). The number of amides is 1. The lowest BCUT2D eigenvalue weighted by molar-refractivity contribution is -0.132. The van der Waals surface area contributed by atoms with Gasteiger partial charge in [0.05, 0.1) is 6.10 Å². The third kappa shape index (κ3) is 3.29. The normalized spacial score (nSPS) is 26.1. The van der Waals surface area contributed by atoms with Gasteiger partial charge in [0.15, 0.2) is 0 Å². The predicted octanol–water partition coefficient (Wildman–Crippen LogP) is 1.41. The Balaban J connectivity index is 2.45. The molecular formula is C11H21NO2. The lowest BCUT2D eigenvalue weighted by Gasteiger charge is -2.23. The number of rotatable bonds is 3. The van der Waals surface area contributed by atoms with E-state index in [0.717, 1.165) is 25.8 Å². The molecule has 0 aliphatic carbocycles. The topological polar surface area (TPSA) is 40.5 Å². The van der Waals surface area contributed by atoms with Crippen LogP contribution in [-0.2, 0) is 4.79 Å². The van der Waals surface area contributed by atoms with Gasteiger partial charge in [-0.1, -0.05) is 13.8 Å². The number of aliphatic hydroxyl groups excluding tert-OH is 1. The van der Waals surface area contributed by atoms with Crippen LogP contribution < -0.4 is 0 Å². The van der Waals surface area contributed by atoms with Crippen LogP contribution in [0.1, 0.15) is 39.5 Å². The maximum Gasteiger partial charge on any atom is 0.222 e. The summed E-state index contributed by atoms with van der Waals surface area (Å²) in [5.41, 5.74) is 0. The number of nitrogens with zero attached hydrogens (tertiary/aromatic N) is 1. The van der Waals surface area contributed by atoms with Crippen molar-refractivity contribution in [1.82, 2.24) is 4.90 Å². The highest BCUT2D eigenvalue weighted by molar-refractivity contribution is 5.76. The summed E-state index contributed by atoms with van der Waals surface area (Å²) >= 11 is 0. The van der Waals surface area contributed by atoms with Gasteiger partial charge in [0.25, 0.3) is 0 Å². The molecule has 2 unspecified atom stereocenters. The van der Waals surface area contributed by atoms with Crippen LogP contribution in [0, 0.1) is 5.92 Å². The molecule has 2 atom stereocenters. The number of β-amino-alcohol motifs (C(OH)–C–C–N with tert-alkyl or cyclic N) is 1. The third-order valence-corrected chi connectivity index (χ3v) is 3.00. The lowest BCUT2D eigenvalue weighted by atomic mass is 10.0. The highest BCUT2D eigenvalue weighted by Gasteiger charge is 2.21. The van der Waals surface area contributed by atoms with E-state index in [9.17, 15) is 9.90 Å². The summed E-state index contributed by atoms with van der Waals surface area (Å²) in [4.78, 5) is 13.4. The molecule has 0 spiro atoms. The first-order chi connectivity index (χ1) is 6.63. The molecule has 0 bridgehead atoms. The van der Waals surface area contributed by atoms with Gasteiger partial charge in [0.2, 0.25) is 5.91 Å². The fourth-order valence-electron chi connectivity index (χ4n) is 1.75. The van der Waals surface area contributed by atoms with Gasteiger partial charge in [-0.05, 0) is 25.2 Å². The SMILES string of the molecule is CCC(O)CN1CCC(C)CCC1=O. The summed E-state index contributed by atoms with van der Waals surface area (Å²) in [6, 6.07) is 0. The minimum Gasteiger partial charge on any atom is -0.391 e. The van der Waals surface area contributed by atoms with Gasteiger partial charge in [-0.25, -0.2) is 0 Å². The van der Waals surface area contributed by atoms with Gasteiger partial charge >= 0.3 is 0 Å². The molecular weight excluding hydrogens is 178 g/mol. The molecule has 1 fully saturated rings. The smallest absolute Gasteiger partial charge is 0.222 e. The summed E-state index contributed by atoms with van der Waals surface area (Å²) in [6.07, 6.45) is 3.09. The van der Waals surface area contributed by atoms with E-state index in [1.807, 2.05) is 11.8 Å². The van der Waals surface area contributed by atoms with E-state index in [-0.39, 0.29) is 12.0 Å². The van der Waals surface area contributed by atoms with Crippen molar-refractivity contribution in [3.05, 3.63) is 0 Å². The van der Waals surface area contributed by atoms with Gasteiger partial charge in [0.1, 0.15) is 0 Å². The molecule has 1 heterocycles. The Morgan fingerprint density at radius 1 is 1.57 bits per heavy atom. The van der Waals surface area contributed by atoms with Crippen molar-refractivity contribution in [2.75, 3.05) is 13.1 Å². The van der Waals surface area contributed by atoms with Crippen LogP contribution in [0.3, 0.4) is 0 Å². The molecule has 0 aromatic heterocycles. The summed E-state index contributed by atoms with van der Waals surface area (Å²) in [5.74, 6) is 0.851. The molecule has 0 radical (unpaired) electrons. The molecule has 1 aliphatic heterocycles. The van der Waals surface area contributed by atoms with Crippen LogP contribution in [0.25, 0.3) is 0 Å². The zero-order valence-corrected chi connectivity index (χ0v) is 9.20. The number of likely N-dealkylation sites (tertiary alicyclic amines) is 1. The first-order valence-corrected chi connectivity index (χ1v) is 5.59. The number of aliphatic hydroxyl groups is 1. The second kappa shape index (κ2) is 5.35. The minimum absolute atomic E-state index is 0.210. The maximum absolute atomic E-state index is 11.6. The van der Waals surface area contributed by atoms with Crippen molar-refractivity contribution >= 4 is 5.91 Å². The first-order valence-electron chi connectivity index (χ1n) is 5.59. The molecule has 1 saturated heterocycles. The summed E-state index contributed by atoms with van der Waals surface area (Å²) < 4.78 is 0. The molecule has 0 aromatic carbocycles. The van der Waals surface area contributed by atoms with Crippen LogP contribution in [-0.4, -0.2) is 35.1 Å². The zero-order valence-electron chi connectivity index (χ0n) is 9.20. The Bertz CT molecular complexity index is 194. The Morgan fingerprint density at radius 3 is 2.93 bits per heavy atom. The number of carbonyl (C=O) groups is 1. The second-order valence-electron chi connectivity index (χ2n) is 4.33. The quantitative estimate of drug-likeness (QED) is 0.746. The average molecular weight is 199 g/mol. The minimum atomic E-state index is -0.354. The van der Waals surface area contributed by atoms with E-state index in [4.69, 9.17) is 0 Å². The lowest BCUT2D eigenvalue weighted by Crippen LogP contribution is -2.36. The van der Waals surface area contributed by atoms with Crippen LogP contribution in [0.15, 0.2) is 0 Å². The summed E-state index contributed by atoms with van der Waals surface area (Å²) in [5, 5.41) is 9.49. The highest BCUT2D eigenvalue weighted by atomic mass is 16.3. The molecule has 1 N–H and O–H groups in total. The van der Waals surface area contributed by atoms with Gasteiger partial charge < -0.3 is 10.0 Å². The van der Waals surface area contributed by atoms with Crippen molar-refractivity contribution < 1.29 is 9.90 Å². The van der Waals surface area contributed by atoms with Crippen molar-refractivity contribution in [3.63, 3.8) is 0 Å². The Hall–Kier alpha value is -0.570. The molecule has 0 saturated carbocycles. The van der Waals surface area contributed by atoms with Crippen molar-refractivity contribution in [3.8, 4) is 0 Å². The highest BCUT2D eigenvalue weighted by Crippen LogP contribution is 2.17. The largest absolute Gasteiger partial charge is 0.391 e. The van der Waals surface area contributed by atoms with Gasteiger partial charge in [-0.2, -0.15) is 0 Å². The molecule has 0 aromatic rings. The molecule has 1 amide bonds. The van der Waals surface area contributed by atoms with Crippen LogP contribution in [0.2, 0.25) is 0 Å². The number of hydrogen-bond donors (Lipinski definition) is 1. The van der Waals surface area contributed by atoms with Crippen molar-refractivity contribution in [2.45, 2.75) is 45.6 Å². The van der Waals surface area contributed by atoms with Gasteiger partial charge in [0, 0.05) is 19.5 Å². The Kier molecular flexibility index (Phi) is 4.39. The molecule has 3 nitrogen and oxygen atoms in total. The first kappa shape index (κ1) is 11.5. The van der Waals surface area contributed by atoms with E-state index in [0.29, 0.717) is 18.9 Å².